The van der Waals surface area contributed by atoms with Gasteiger partial charge >= 0.3 is 0 Å². The zero-order valence-corrected chi connectivity index (χ0v) is 21.5. The third-order valence-electron chi connectivity index (χ3n) is 6.48. The summed E-state index contributed by atoms with van der Waals surface area (Å²) in [4.78, 5) is 14.3. The Hall–Kier alpha value is -1.42. The highest BCUT2D eigenvalue weighted by Gasteiger charge is 2.40. The number of anilines is 1. The molecule has 0 radical (unpaired) electrons. The number of aliphatic hydroxyl groups is 2. The van der Waals surface area contributed by atoms with Gasteiger partial charge in [0, 0.05) is 36.8 Å². The van der Waals surface area contributed by atoms with E-state index >= 15 is 0 Å². The molecule has 2 fully saturated rings. The number of hydrogen-bond acceptors (Lipinski definition) is 6. The lowest BCUT2D eigenvalue weighted by Gasteiger charge is -2.42. The number of rotatable bonds is 6. The Kier molecular flexibility index (Phi) is 8.61. The van der Waals surface area contributed by atoms with Crippen LogP contribution in [-0.4, -0.2) is 56.7 Å². The number of aliphatic hydroxyl groups excluding tert-OH is 2. The molecule has 2 aliphatic rings. The van der Waals surface area contributed by atoms with Crippen molar-refractivity contribution in [3.05, 3.63) is 65.2 Å². The number of hydrogen-bond donors (Lipinski definition) is 3. The molecule has 0 unspecified atom stereocenters. The van der Waals surface area contributed by atoms with E-state index in [0.29, 0.717) is 24.3 Å². The monoisotopic (exact) mass is 542 g/mol. The van der Waals surface area contributed by atoms with Crippen LogP contribution < -0.4 is 5.32 Å². The smallest absolute Gasteiger partial charge is 0.276 e. The predicted octanol–water partition coefficient (Wildman–Crippen LogP) is 4.35. The lowest BCUT2D eigenvalue weighted by molar-refractivity contribution is -0.276. The standard InChI is InChI=1S/C25H29Cl3N2O5/c1-15-21(13-30-10-9-20(32)12-30)34-23(35-22(15)17-7-5-16(14-31)6-8-17)18-3-2-4-19(11-18)29-24(33)25(26,27)28/h2-8,11,15,20-23,31-32H,9-10,12-14H2,1H3,(H,29,33)/t15-,20-,21+,22+,23+/m0/s1. The molecule has 0 spiro atoms. The van der Waals surface area contributed by atoms with E-state index in [1.807, 2.05) is 30.3 Å². The van der Waals surface area contributed by atoms with Crippen molar-refractivity contribution in [3.63, 3.8) is 0 Å². The molecule has 2 aromatic carbocycles. The van der Waals surface area contributed by atoms with Crippen molar-refractivity contribution in [3.8, 4) is 0 Å². The minimum Gasteiger partial charge on any atom is -0.392 e. The number of halogens is 3. The van der Waals surface area contributed by atoms with Crippen molar-refractivity contribution in [1.29, 1.82) is 0 Å². The average molecular weight is 544 g/mol. The molecule has 7 nitrogen and oxygen atoms in total. The molecule has 190 valence electrons. The molecule has 2 heterocycles. The van der Waals surface area contributed by atoms with Crippen LogP contribution in [0.15, 0.2) is 48.5 Å². The summed E-state index contributed by atoms with van der Waals surface area (Å²) in [6.45, 7) is 4.16. The van der Waals surface area contributed by atoms with Gasteiger partial charge in [-0.1, -0.05) is 78.1 Å². The van der Waals surface area contributed by atoms with Gasteiger partial charge < -0.3 is 25.0 Å². The van der Waals surface area contributed by atoms with E-state index in [1.54, 1.807) is 18.2 Å². The number of carbonyl (C=O) groups is 1. The summed E-state index contributed by atoms with van der Waals surface area (Å²) in [6, 6.07) is 14.7. The summed E-state index contributed by atoms with van der Waals surface area (Å²) < 4.78 is 10.8. The fraction of sp³-hybridized carbons (Fsp3) is 0.480. The topological polar surface area (TPSA) is 91.3 Å². The van der Waals surface area contributed by atoms with E-state index in [2.05, 4.69) is 17.1 Å². The highest BCUT2D eigenvalue weighted by molar-refractivity contribution is 6.76. The van der Waals surface area contributed by atoms with Crippen LogP contribution in [0.3, 0.4) is 0 Å². The number of alkyl halides is 3. The second-order valence-corrected chi connectivity index (χ2v) is 11.4. The van der Waals surface area contributed by atoms with Crippen molar-refractivity contribution < 1.29 is 24.5 Å². The van der Waals surface area contributed by atoms with Gasteiger partial charge in [-0.25, -0.2) is 0 Å². The van der Waals surface area contributed by atoms with Gasteiger partial charge in [0.25, 0.3) is 9.70 Å². The Morgan fingerprint density at radius 1 is 1.14 bits per heavy atom. The van der Waals surface area contributed by atoms with Crippen LogP contribution in [0.2, 0.25) is 0 Å². The molecule has 0 saturated carbocycles. The number of carbonyl (C=O) groups excluding carboxylic acids is 1. The fourth-order valence-electron chi connectivity index (χ4n) is 4.53. The van der Waals surface area contributed by atoms with Crippen molar-refractivity contribution >= 4 is 46.4 Å². The molecule has 2 aromatic rings. The van der Waals surface area contributed by atoms with Crippen molar-refractivity contribution in [2.45, 2.75) is 48.3 Å². The number of nitrogens with one attached hydrogen (secondary N) is 1. The van der Waals surface area contributed by atoms with Gasteiger partial charge in [-0.15, -0.1) is 0 Å². The number of amides is 1. The lowest BCUT2D eigenvalue weighted by atomic mass is 9.90. The lowest BCUT2D eigenvalue weighted by Crippen LogP contribution is -2.44. The molecular weight excluding hydrogens is 515 g/mol. The molecule has 5 atom stereocenters. The molecule has 4 rings (SSSR count). The third kappa shape index (κ3) is 6.67. The zero-order chi connectivity index (χ0) is 25.2. The van der Waals surface area contributed by atoms with Gasteiger partial charge in [0.2, 0.25) is 0 Å². The summed E-state index contributed by atoms with van der Waals surface area (Å²) >= 11 is 17.1. The minimum absolute atomic E-state index is 0.0243. The summed E-state index contributed by atoms with van der Waals surface area (Å²) in [7, 11) is 0. The van der Waals surface area contributed by atoms with Gasteiger partial charge in [-0.2, -0.15) is 0 Å². The van der Waals surface area contributed by atoms with Gasteiger partial charge in [-0.3, -0.25) is 9.69 Å². The Morgan fingerprint density at radius 3 is 2.51 bits per heavy atom. The Morgan fingerprint density at radius 2 is 1.89 bits per heavy atom. The van der Waals surface area contributed by atoms with Gasteiger partial charge in [0.15, 0.2) is 6.29 Å². The molecule has 0 bridgehead atoms. The van der Waals surface area contributed by atoms with Crippen LogP contribution in [0.1, 0.15) is 42.4 Å². The minimum atomic E-state index is -2.08. The second kappa shape index (κ2) is 11.3. The number of nitrogens with zero attached hydrogens (tertiary/aromatic N) is 1. The first-order valence-corrected chi connectivity index (χ1v) is 12.7. The third-order valence-corrected chi connectivity index (χ3v) is 7.00. The summed E-state index contributed by atoms with van der Waals surface area (Å²) in [5.41, 5.74) is 2.97. The molecule has 35 heavy (non-hydrogen) atoms. The largest absolute Gasteiger partial charge is 0.392 e. The number of likely N-dealkylation sites (tertiary alicyclic amines) is 1. The molecule has 10 heteroatoms. The molecule has 3 N–H and O–H groups in total. The van der Waals surface area contributed by atoms with Gasteiger partial charge in [0.1, 0.15) is 0 Å². The summed E-state index contributed by atoms with van der Waals surface area (Å²) in [5, 5.41) is 22.0. The van der Waals surface area contributed by atoms with E-state index in [0.717, 1.165) is 24.1 Å². The van der Waals surface area contributed by atoms with E-state index < -0.39 is 16.0 Å². The molecule has 2 saturated heterocycles. The van der Waals surface area contributed by atoms with E-state index in [9.17, 15) is 15.0 Å². The maximum atomic E-state index is 12.1. The first-order chi connectivity index (χ1) is 16.6. The van der Waals surface area contributed by atoms with E-state index in [4.69, 9.17) is 44.3 Å². The molecule has 2 aliphatic heterocycles. The van der Waals surface area contributed by atoms with Crippen LogP contribution in [-0.2, 0) is 20.9 Å². The quantitative estimate of drug-likeness (QED) is 0.470. The summed E-state index contributed by atoms with van der Waals surface area (Å²) in [5.74, 6) is -0.734. The zero-order valence-electron chi connectivity index (χ0n) is 19.2. The summed E-state index contributed by atoms with van der Waals surface area (Å²) in [6.07, 6.45) is -0.700. The van der Waals surface area contributed by atoms with Crippen LogP contribution in [0.25, 0.3) is 0 Å². The van der Waals surface area contributed by atoms with Crippen molar-refractivity contribution in [2.75, 3.05) is 25.0 Å². The van der Waals surface area contributed by atoms with Crippen LogP contribution >= 0.6 is 34.8 Å². The fourth-order valence-corrected chi connectivity index (χ4v) is 4.67. The first kappa shape index (κ1) is 26.6. The number of β-amino-alcohol motifs (C(OH)–C–C–N with tert-alkyl or cyclic N) is 1. The Bertz CT molecular complexity index is 1020. The normalized spacial score (nSPS) is 27.7. The predicted molar refractivity (Wildman–Crippen MR) is 135 cm³/mol. The first-order valence-electron chi connectivity index (χ1n) is 11.5. The maximum absolute atomic E-state index is 12.1. The number of ether oxygens (including phenoxy) is 2. The molecular formula is C25H29Cl3N2O5. The van der Waals surface area contributed by atoms with Crippen LogP contribution in [0.5, 0.6) is 0 Å². The second-order valence-electron chi connectivity index (χ2n) is 9.10. The number of benzene rings is 2. The maximum Gasteiger partial charge on any atom is 0.276 e. The van der Waals surface area contributed by atoms with Gasteiger partial charge in [-0.05, 0) is 29.7 Å². The average Bonchev–Trinajstić information content (AvgIpc) is 3.24. The van der Waals surface area contributed by atoms with E-state index in [1.165, 1.54) is 0 Å². The molecule has 1 amide bonds. The van der Waals surface area contributed by atoms with Crippen LogP contribution in [0.4, 0.5) is 5.69 Å². The SMILES string of the molecule is C[C@H]1[C@@H](CN2CC[C@H](O)C2)O[C@@H](c2cccc(NC(=O)C(Cl)(Cl)Cl)c2)O[C@H]1c1ccc(CO)cc1. The Balaban J connectivity index is 1.59. The highest BCUT2D eigenvalue weighted by atomic mass is 35.6. The molecule has 0 aliphatic carbocycles. The van der Waals surface area contributed by atoms with Gasteiger partial charge in [0.05, 0.1) is 24.9 Å². The van der Waals surface area contributed by atoms with Crippen molar-refractivity contribution in [1.82, 2.24) is 4.90 Å². The molecule has 0 aromatic heterocycles. The highest BCUT2D eigenvalue weighted by Crippen LogP contribution is 2.42. The van der Waals surface area contributed by atoms with E-state index in [-0.39, 0.29) is 30.8 Å². The Labute approximate surface area is 219 Å². The van der Waals surface area contributed by atoms with Crippen LogP contribution in [0, 0.1) is 5.92 Å². The van der Waals surface area contributed by atoms with Crippen molar-refractivity contribution in [2.24, 2.45) is 5.92 Å².